The first-order valence-corrected chi connectivity index (χ1v) is 9.29. The van der Waals surface area contributed by atoms with Gasteiger partial charge in [-0.05, 0) is 50.9 Å². The van der Waals surface area contributed by atoms with Gasteiger partial charge in [0.1, 0.15) is 0 Å². The highest BCUT2D eigenvalue weighted by Crippen LogP contribution is 2.40. The molecule has 20 heavy (non-hydrogen) atoms. The Morgan fingerprint density at radius 3 is 2.10 bits per heavy atom. The molecule has 1 rings (SSSR count). The van der Waals surface area contributed by atoms with Crippen molar-refractivity contribution in [3.05, 3.63) is 0 Å². The van der Waals surface area contributed by atoms with Gasteiger partial charge in [-0.1, -0.05) is 27.2 Å². The Hall–Kier alpha value is -0.130. The third-order valence-electron chi connectivity index (χ3n) is 5.17. The Labute approximate surface area is 125 Å². The van der Waals surface area contributed by atoms with Crippen LogP contribution in [0.25, 0.3) is 0 Å². The van der Waals surface area contributed by atoms with Crippen LogP contribution >= 0.6 is 0 Å². The number of nitrogens with zero attached hydrogens (tertiary/aromatic N) is 1. The molecule has 5 heteroatoms. The minimum Gasteiger partial charge on any atom is -0.199 e. The smallest absolute Gasteiger partial charge is 0.199 e. The van der Waals surface area contributed by atoms with Gasteiger partial charge >= 0.3 is 0 Å². The second kappa shape index (κ2) is 6.75. The number of hydrogen-bond acceptors (Lipinski definition) is 2. The molecule has 0 spiro atoms. The van der Waals surface area contributed by atoms with Crippen LogP contribution in [0, 0.1) is 11.3 Å². The fourth-order valence-corrected chi connectivity index (χ4v) is 4.23. The minimum absolute atomic E-state index is 0.0112. The number of rotatable bonds is 6. The summed E-state index contributed by atoms with van der Waals surface area (Å²) in [6.07, 6.45) is 5.35. The first-order chi connectivity index (χ1) is 9.10. The highest BCUT2D eigenvalue weighted by molar-refractivity contribution is 7.87. The Balaban J connectivity index is 2.55. The van der Waals surface area contributed by atoms with E-state index in [1.807, 2.05) is 13.8 Å². The topological polar surface area (TPSA) is 49.4 Å². The summed E-state index contributed by atoms with van der Waals surface area (Å²) in [6, 6.07) is 0.0907. The molecule has 0 heterocycles. The van der Waals surface area contributed by atoms with Crippen molar-refractivity contribution in [2.45, 2.75) is 78.8 Å². The molecule has 1 N–H and O–H groups in total. The molecule has 0 aromatic heterocycles. The van der Waals surface area contributed by atoms with Gasteiger partial charge < -0.3 is 0 Å². The molecule has 1 fully saturated rings. The van der Waals surface area contributed by atoms with E-state index in [2.05, 4.69) is 25.5 Å². The summed E-state index contributed by atoms with van der Waals surface area (Å²) in [5.74, 6) is 0.719. The molecule has 0 aromatic rings. The SMILES string of the molecule is CCC(C)(C)C1CCC(NS(=O)(=O)N(C)C(C)C)CC1. The third kappa shape index (κ3) is 4.43. The molecule has 0 saturated heterocycles. The van der Waals surface area contributed by atoms with Gasteiger partial charge in [0.2, 0.25) is 0 Å². The summed E-state index contributed by atoms with van der Waals surface area (Å²) in [4.78, 5) is 0. The van der Waals surface area contributed by atoms with Crippen molar-refractivity contribution in [1.82, 2.24) is 9.03 Å². The average Bonchev–Trinajstić information content (AvgIpc) is 2.37. The van der Waals surface area contributed by atoms with Gasteiger partial charge in [0, 0.05) is 19.1 Å². The molecule has 0 bridgehead atoms. The third-order valence-corrected chi connectivity index (χ3v) is 6.98. The maximum Gasteiger partial charge on any atom is 0.279 e. The van der Waals surface area contributed by atoms with E-state index in [1.165, 1.54) is 10.7 Å². The monoisotopic (exact) mass is 304 g/mol. The van der Waals surface area contributed by atoms with E-state index in [-0.39, 0.29) is 12.1 Å². The predicted molar refractivity (Wildman–Crippen MR) is 84.8 cm³/mol. The van der Waals surface area contributed by atoms with Crippen molar-refractivity contribution >= 4 is 10.2 Å². The summed E-state index contributed by atoms with van der Waals surface area (Å²) >= 11 is 0. The van der Waals surface area contributed by atoms with Crippen LogP contribution in [-0.4, -0.2) is 31.9 Å². The normalized spacial score (nSPS) is 25.4. The summed E-state index contributed by atoms with van der Waals surface area (Å²) in [7, 11) is -1.70. The molecule has 0 amide bonds. The van der Waals surface area contributed by atoms with E-state index in [1.54, 1.807) is 7.05 Å². The maximum atomic E-state index is 12.2. The van der Waals surface area contributed by atoms with Crippen LogP contribution < -0.4 is 4.72 Å². The second-order valence-electron chi connectivity index (χ2n) is 7.12. The lowest BCUT2D eigenvalue weighted by Crippen LogP contribution is -2.47. The van der Waals surface area contributed by atoms with E-state index in [0.717, 1.165) is 31.6 Å². The average molecular weight is 305 g/mol. The van der Waals surface area contributed by atoms with Gasteiger partial charge in [-0.2, -0.15) is 17.4 Å². The lowest BCUT2D eigenvalue weighted by Gasteiger charge is -2.39. The van der Waals surface area contributed by atoms with E-state index in [0.29, 0.717) is 5.41 Å². The molecule has 1 aliphatic rings. The molecule has 1 saturated carbocycles. The predicted octanol–water partition coefficient (Wildman–Crippen LogP) is 3.16. The van der Waals surface area contributed by atoms with Crippen LogP contribution in [0.3, 0.4) is 0 Å². The van der Waals surface area contributed by atoms with Gasteiger partial charge in [0.05, 0.1) is 0 Å². The van der Waals surface area contributed by atoms with Gasteiger partial charge in [0.15, 0.2) is 0 Å². The van der Waals surface area contributed by atoms with Crippen LogP contribution in [0.15, 0.2) is 0 Å². The van der Waals surface area contributed by atoms with Gasteiger partial charge in [-0.25, -0.2) is 0 Å². The molecule has 120 valence electrons. The zero-order chi connectivity index (χ0) is 15.6. The Morgan fingerprint density at radius 1 is 1.20 bits per heavy atom. The van der Waals surface area contributed by atoms with Gasteiger partial charge in [-0.15, -0.1) is 0 Å². The largest absolute Gasteiger partial charge is 0.279 e. The van der Waals surface area contributed by atoms with Crippen molar-refractivity contribution in [2.75, 3.05) is 7.05 Å². The summed E-state index contributed by atoms with van der Waals surface area (Å²) in [5, 5.41) is 0. The van der Waals surface area contributed by atoms with Crippen LogP contribution in [0.1, 0.15) is 66.7 Å². The second-order valence-corrected chi connectivity index (χ2v) is 8.89. The lowest BCUT2D eigenvalue weighted by molar-refractivity contribution is 0.141. The molecule has 0 aliphatic heterocycles. The van der Waals surface area contributed by atoms with Crippen molar-refractivity contribution < 1.29 is 8.42 Å². The zero-order valence-corrected chi connectivity index (χ0v) is 14.8. The molecular weight excluding hydrogens is 272 g/mol. The molecule has 0 radical (unpaired) electrons. The Bertz CT molecular complexity index is 396. The highest BCUT2D eigenvalue weighted by atomic mass is 32.2. The summed E-state index contributed by atoms with van der Waals surface area (Å²) in [6.45, 7) is 10.7. The van der Waals surface area contributed by atoms with E-state index in [9.17, 15) is 8.42 Å². The van der Waals surface area contributed by atoms with Crippen LogP contribution in [0.2, 0.25) is 0 Å². The Kier molecular flexibility index (Phi) is 6.05. The maximum absolute atomic E-state index is 12.2. The van der Waals surface area contributed by atoms with Crippen molar-refractivity contribution in [1.29, 1.82) is 0 Å². The fourth-order valence-electron chi connectivity index (χ4n) is 2.85. The van der Waals surface area contributed by atoms with Gasteiger partial charge in [0.25, 0.3) is 10.2 Å². The summed E-state index contributed by atoms with van der Waals surface area (Å²) < 4.78 is 28.7. The standard InChI is InChI=1S/C15H32N2O2S/c1-7-15(4,5)13-8-10-14(11-9-13)16-20(18,19)17(6)12(2)3/h12-14,16H,7-11H2,1-6H3. The highest BCUT2D eigenvalue weighted by Gasteiger charge is 2.33. The van der Waals surface area contributed by atoms with Crippen LogP contribution in [-0.2, 0) is 10.2 Å². The molecule has 0 unspecified atom stereocenters. The summed E-state index contributed by atoms with van der Waals surface area (Å²) in [5.41, 5.74) is 0.374. The number of hydrogen-bond donors (Lipinski definition) is 1. The zero-order valence-electron chi connectivity index (χ0n) is 13.9. The van der Waals surface area contributed by atoms with Crippen LogP contribution in [0.4, 0.5) is 0 Å². The van der Waals surface area contributed by atoms with Crippen molar-refractivity contribution in [2.24, 2.45) is 11.3 Å². The molecule has 0 atom stereocenters. The van der Waals surface area contributed by atoms with E-state index in [4.69, 9.17) is 0 Å². The first kappa shape index (κ1) is 17.9. The molecule has 1 aliphatic carbocycles. The van der Waals surface area contributed by atoms with Gasteiger partial charge in [-0.3, -0.25) is 0 Å². The quantitative estimate of drug-likeness (QED) is 0.819. The van der Waals surface area contributed by atoms with Crippen molar-refractivity contribution in [3.63, 3.8) is 0 Å². The fraction of sp³-hybridized carbons (Fsp3) is 1.00. The van der Waals surface area contributed by atoms with Crippen LogP contribution in [0.5, 0.6) is 0 Å². The minimum atomic E-state index is -3.33. The van der Waals surface area contributed by atoms with Crippen molar-refractivity contribution in [3.8, 4) is 0 Å². The van der Waals surface area contributed by atoms with E-state index < -0.39 is 10.2 Å². The Morgan fingerprint density at radius 2 is 1.70 bits per heavy atom. The lowest BCUT2D eigenvalue weighted by atomic mass is 9.69. The molecular formula is C15H32N2O2S. The molecule has 0 aromatic carbocycles. The molecule has 4 nitrogen and oxygen atoms in total. The first-order valence-electron chi connectivity index (χ1n) is 7.85. The number of nitrogens with one attached hydrogen (secondary N) is 1. The van der Waals surface area contributed by atoms with E-state index >= 15 is 0 Å².